The molecule has 0 aromatic carbocycles. The number of anilines is 1. The summed E-state index contributed by atoms with van der Waals surface area (Å²) in [5.74, 6) is -2.06. The number of amides is 2. The number of piperidine rings is 1. The summed E-state index contributed by atoms with van der Waals surface area (Å²) < 4.78 is 10.5. The van der Waals surface area contributed by atoms with Crippen molar-refractivity contribution in [3.63, 3.8) is 0 Å². The highest BCUT2D eigenvalue weighted by Crippen LogP contribution is 2.29. The van der Waals surface area contributed by atoms with Gasteiger partial charge in [0.25, 0.3) is 11.8 Å². The molecule has 14 heteroatoms. The van der Waals surface area contributed by atoms with Crippen molar-refractivity contribution in [2.24, 2.45) is 0 Å². The number of H-pyrrole nitrogens is 1. The Bertz CT molecular complexity index is 1040. The number of carboxylic acid groups (broad SMARTS) is 1. The second-order valence-electron chi connectivity index (χ2n) is 7.53. The molecule has 0 saturated carbocycles. The lowest BCUT2D eigenvalue weighted by molar-refractivity contribution is 0.0538. The first kappa shape index (κ1) is 25.9. The normalized spacial score (nSPS) is 18.1. The van der Waals surface area contributed by atoms with E-state index in [1.54, 1.807) is 0 Å². The van der Waals surface area contributed by atoms with Gasteiger partial charge in [-0.05, 0) is 12.8 Å². The number of thiazole rings is 1. The largest absolute Gasteiger partial charge is 0.477 e. The van der Waals surface area contributed by atoms with Gasteiger partial charge in [0.15, 0.2) is 21.8 Å². The Kier molecular flexibility index (Phi) is 8.83. The number of ether oxygens (including phenoxy) is 2. The van der Waals surface area contributed by atoms with E-state index in [1.165, 1.54) is 14.2 Å². The molecule has 1 saturated heterocycles. The number of aryl methyl sites for hydroxylation is 1. The van der Waals surface area contributed by atoms with Gasteiger partial charge in [-0.1, -0.05) is 29.9 Å². The van der Waals surface area contributed by atoms with Crippen molar-refractivity contribution in [2.75, 3.05) is 45.4 Å². The second-order valence-corrected chi connectivity index (χ2v) is 8.86. The van der Waals surface area contributed by atoms with Crippen molar-refractivity contribution in [1.82, 2.24) is 25.6 Å². The van der Waals surface area contributed by atoms with Crippen LogP contribution in [-0.4, -0.2) is 90.4 Å². The van der Waals surface area contributed by atoms with Gasteiger partial charge in [-0.3, -0.25) is 9.59 Å². The van der Waals surface area contributed by atoms with Gasteiger partial charge in [0.2, 0.25) is 0 Å². The zero-order chi connectivity index (χ0) is 24.8. The number of carbonyl (C=O) groups is 3. The molecule has 1 aliphatic rings. The molecule has 3 heterocycles. The van der Waals surface area contributed by atoms with Gasteiger partial charge >= 0.3 is 5.97 Å². The zero-order valence-electron chi connectivity index (χ0n) is 19.0. The molecule has 0 aliphatic carbocycles. The molecule has 186 valence electrons. The Balaban J connectivity index is 1.70. The van der Waals surface area contributed by atoms with Crippen LogP contribution >= 0.6 is 22.9 Å². The van der Waals surface area contributed by atoms with Gasteiger partial charge in [0, 0.05) is 33.9 Å². The molecule has 2 amide bonds. The Morgan fingerprint density at radius 3 is 2.68 bits per heavy atom. The molecule has 0 radical (unpaired) electrons. The smallest absolute Gasteiger partial charge is 0.348 e. The minimum Gasteiger partial charge on any atom is -0.477 e. The molecular formula is C20H27ClN6O6S. The molecule has 0 bridgehead atoms. The monoisotopic (exact) mass is 514 g/mol. The molecule has 34 heavy (non-hydrogen) atoms. The Hall–Kier alpha value is -2.74. The number of nitrogens with one attached hydrogen (secondary N) is 3. The lowest BCUT2D eigenvalue weighted by Gasteiger charge is -2.37. The Morgan fingerprint density at radius 2 is 2.06 bits per heavy atom. The number of halogens is 1. The van der Waals surface area contributed by atoms with E-state index in [4.69, 9.17) is 21.1 Å². The summed E-state index contributed by atoms with van der Waals surface area (Å²) in [5.41, 5.74) is 0.541. The van der Waals surface area contributed by atoms with Crippen LogP contribution in [0.4, 0.5) is 5.13 Å². The number of imidazole rings is 1. The quantitative estimate of drug-likeness (QED) is 0.341. The van der Waals surface area contributed by atoms with Crippen LogP contribution in [0.3, 0.4) is 0 Å². The van der Waals surface area contributed by atoms with Crippen molar-refractivity contribution in [1.29, 1.82) is 0 Å². The average Bonchev–Trinajstić information content (AvgIpc) is 3.43. The predicted octanol–water partition coefficient (Wildman–Crippen LogP) is 1.18. The first-order valence-corrected chi connectivity index (χ1v) is 11.8. The van der Waals surface area contributed by atoms with Gasteiger partial charge in [-0.25, -0.2) is 14.8 Å². The number of methoxy groups -OCH3 is 2. The molecule has 2 atom stereocenters. The molecule has 1 aliphatic heterocycles. The first-order valence-electron chi connectivity index (χ1n) is 10.6. The fraction of sp³-hybridized carbons (Fsp3) is 0.550. The highest BCUT2D eigenvalue weighted by molar-refractivity contribution is 7.17. The van der Waals surface area contributed by atoms with E-state index in [-0.39, 0.29) is 40.0 Å². The molecule has 2 aromatic heterocycles. The molecule has 1 fully saturated rings. The van der Waals surface area contributed by atoms with Crippen LogP contribution in [0, 0.1) is 0 Å². The number of carbonyl (C=O) groups excluding carboxylic acids is 2. The summed E-state index contributed by atoms with van der Waals surface area (Å²) in [6.45, 7) is 3.25. The summed E-state index contributed by atoms with van der Waals surface area (Å²) >= 11 is 6.96. The van der Waals surface area contributed by atoms with Crippen LogP contribution in [-0.2, 0) is 15.9 Å². The molecular weight excluding hydrogens is 488 g/mol. The van der Waals surface area contributed by atoms with Crippen LogP contribution in [0.25, 0.3) is 0 Å². The van der Waals surface area contributed by atoms with Crippen LogP contribution in [0.2, 0.25) is 5.15 Å². The maximum absolute atomic E-state index is 12.7. The van der Waals surface area contributed by atoms with Crippen LogP contribution in [0.15, 0.2) is 0 Å². The van der Waals surface area contributed by atoms with E-state index < -0.39 is 18.0 Å². The van der Waals surface area contributed by atoms with E-state index in [0.29, 0.717) is 43.4 Å². The number of nitrogens with zero attached hydrogens (tertiary/aromatic N) is 3. The third-order valence-corrected chi connectivity index (χ3v) is 6.78. The van der Waals surface area contributed by atoms with Crippen LogP contribution in [0.5, 0.6) is 0 Å². The fourth-order valence-electron chi connectivity index (χ4n) is 3.55. The number of hydrogen-bond acceptors (Lipinski definition) is 9. The standard InChI is InChI=1S/C20H27ClN6O6S/c1-4-10-15(21)26-16(23-10)18(29)24-11-5-7-27(9-12(11)33-3)20-25-13(14(34-20)19(30)31)17(28)22-6-8-32-2/h11-12H,4-9H2,1-3H3,(H,22,28)(H,23,26)(H,24,29)(H,30,31)/t11-,12+/m0/s1. The molecule has 12 nitrogen and oxygen atoms in total. The van der Waals surface area contributed by atoms with E-state index in [0.717, 1.165) is 11.3 Å². The second kappa shape index (κ2) is 11.6. The predicted molar refractivity (Wildman–Crippen MR) is 125 cm³/mol. The van der Waals surface area contributed by atoms with Crippen molar-refractivity contribution in [3.8, 4) is 0 Å². The van der Waals surface area contributed by atoms with E-state index >= 15 is 0 Å². The lowest BCUT2D eigenvalue weighted by Crippen LogP contribution is -2.55. The number of hydrogen-bond donors (Lipinski definition) is 4. The van der Waals surface area contributed by atoms with Crippen molar-refractivity contribution >= 4 is 45.9 Å². The topological polar surface area (TPSA) is 159 Å². The van der Waals surface area contributed by atoms with Gasteiger partial charge in [-0.15, -0.1) is 0 Å². The summed E-state index contributed by atoms with van der Waals surface area (Å²) in [6, 6.07) is -0.307. The number of aromatic carboxylic acids is 1. The molecule has 3 rings (SSSR count). The van der Waals surface area contributed by atoms with E-state index in [2.05, 4.69) is 25.6 Å². The minimum atomic E-state index is -1.23. The average molecular weight is 515 g/mol. The minimum absolute atomic E-state index is 0.134. The zero-order valence-corrected chi connectivity index (χ0v) is 20.6. The summed E-state index contributed by atoms with van der Waals surface area (Å²) in [5, 5.41) is 15.7. The number of carboxylic acids is 1. The maximum Gasteiger partial charge on any atom is 0.348 e. The van der Waals surface area contributed by atoms with E-state index in [9.17, 15) is 19.5 Å². The number of aromatic nitrogens is 3. The van der Waals surface area contributed by atoms with Gasteiger partial charge in [-0.2, -0.15) is 0 Å². The first-order chi connectivity index (χ1) is 16.3. The molecule has 2 aromatic rings. The summed E-state index contributed by atoms with van der Waals surface area (Å²) in [6.07, 6.45) is 0.734. The third-order valence-electron chi connectivity index (χ3n) is 5.36. The molecule has 0 unspecified atom stereocenters. The summed E-state index contributed by atoms with van der Waals surface area (Å²) in [7, 11) is 3.03. The van der Waals surface area contributed by atoms with Crippen molar-refractivity contribution in [3.05, 3.63) is 27.2 Å². The van der Waals surface area contributed by atoms with Crippen molar-refractivity contribution < 1.29 is 29.0 Å². The van der Waals surface area contributed by atoms with E-state index in [1.807, 2.05) is 11.8 Å². The van der Waals surface area contributed by atoms with Crippen LogP contribution < -0.4 is 15.5 Å². The maximum atomic E-state index is 12.7. The number of aromatic amines is 1. The Morgan fingerprint density at radius 1 is 1.29 bits per heavy atom. The highest BCUT2D eigenvalue weighted by atomic mass is 35.5. The Labute approximate surface area is 205 Å². The van der Waals surface area contributed by atoms with Crippen LogP contribution in [0.1, 0.15) is 49.8 Å². The lowest BCUT2D eigenvalue weighted by atomic mass is 10.0. The third kappa shape index (κ3) is 5.84. The molecule has 4 N–H and O–H groups in total. The molecule has 0 spiro atoms. The van der Waals surface area contributed by atoms with Gasteiger partial charge in [0.05, 0.1) is 24.4 Å². The van der Waals surface area contributed by atoms with Gasteiger partial charge < -0.3 is 35.1 Å². The summed E-state index contributed by atoms with van der Waals surface area (Å²) in [4.78, 5) is 49.7. The highest BCUT2D eigenvalue weighted by Gasteiger charge is 2.34. The SMILES string of the molecule is CCc1[nH]c(C(=O)N[C@H]2CCN(c3nc(C(=O)NCCOC)c(C(=O)O)s3)C[C@H]2OC)nc1Cl. The number of rotatable bonds is 10. The van der Waals surface area contributed by atoms with Gasteiger partial charge in [0.1, 0.15) is 4.88 Å². The van der Waals surface area contributed by atoms with Crippen molar-refractivity contribution in [2.45, 2.75) is 31.9 Å². The fourth-order valence-corrected chi connectivity index (χ4v) is 4.76.